The molecule has 0 bridgehead atoms. The van der Waals surface area contributed by atoms with Crippen LogP contribution in [0, 0.1) is 11.8 Å². The molecule has 3 atom stereocenters. The lowest BCUT2D eigenvalue weighted by Gasteiger charge is -2.21. The quantitative estimate of drug-likeness (QED) is 0.841. The Balaban J connectivity index is 1.49. The summed E-state index contributed by atoms with van der Waals surface area (Å²) in [7, 11) is 3.24. The maximum absolute atomic E-state index is 10.4. The van der Waals surface area contributed by atoms with Gasteiger partial charge in [-0.25, -0.2) is 0 Å². The van der Waals surface area contributed by atoms with Gasteiger partial charge < -0.3 is 28.8 Å². The van der Waals surface area contributed by atoms with Crippen LogP contribution in [0.15, 0.2) is 36.4 Å². The monoisotopic (exact) mass is 372 g/mol. The molecule has 2 aromatic rings. The second-order valence-corrected chi connectivity index (χ2v) is 6.93. The third-order valence-electron chi connectivity index (χ3n) is 5.31. The van der Waals surface area contributed by atoms with E-state index in [4.69, 9.17) is 23.7 Å². The van der Waals surface area contributed by atoms with Crippen LogP contribution >= 0.6 is 0 Å². The molecule has 144 valence electrons. The van der Waals surface area contributed by atoms with Crippen molar-refractivity contribution in [3.8, 4) is 23.0 Å². The van der Waals surface area contributed by atoms with Crippen LogP contribution in [0.25, 0.3) is 0 Å². The fourth-order valence-corrected chi connectivity index (χ4v) is 3.83. The molecule has 0 saturated carbocycles. The van der Waals surface area contributed by atoms with E-state index in [1.54, 1.807) is 14.2 Å². The van der Waals surface area contributed by atoms with Gasteiger partial charge in [-0.2, -0.15) is 0 Å². The molecular formula is C21H24O6. The van der Waals surface area contributed by atoms with Crippen LogP contribution in [0.2, 0.25) is 0 Å². The highest BCUT2D eigenvalue weighted by Crippen LogP contribution is 2.37. The molecule has 1 saturated heterocycles. The number of hydrogen-bond acceptors (Lipinski definition) is 6. The molecule has 6 nitrogen and oxygen atoms in total. The van der Waals surface area contributed by atoms with E-state index in [-0.39, 0.29) is 18.6 Å². The molecule has 4 rings (SSSR count). The van der Waals surface area contributed by atoms with Crippen molar-refractivity contribution in [1.82, 2.24) is 0 Å². The number of hydrogen-bond donors (Lipinski definition) is 1. The minimum atomic E-state index is -0.767. The van der Waals surface area contributed by atoms with Crippen LogP contribution < -0.4 is 18.9 Å². The Morgan fingerprint density at radius 1 is 0.926 bits per heavy atom. The van der Waals surface area contributed by atoms with E-state index in [1.807, 2.05) is 36.4 Å². The van der Waals surface area contributed by atoms with Crippen LogP contribution in [0.5, 0.6) is 23.0 Å². The van der Waals surface area contributed by atoms with Gasteiger partial charge >= 0.3 is 0 Å². The second-order valence-electron chi connectivity index (χ2n) is 6.93. The predicted molar refractivity (Wildman–Crippen MR) is 98.5 cm³/mol. The summed E-state index contributed by atoms with van der Waals surface area (Å²) in [6.07, 6.45) is 0.750. The molecule has 0 unspecified atom stereocenters. The average molecular weight is 372 g/mol. The molecular weight excluding hydrogens is 348 g/mol. The van der Waals surface area contributed by atoms with Crippen molar-refractivity contribution < 1.29 is 28.8 Å². The van der Waals surface area contributed by atoms with Crippen molar-refractivity contribution in [3.05, 3.63) is 47.5 Å². The first-order valence-corrected chi connectivity index (χ1v) is 9.07. The van der Waals surface area contributed by atoms with Crippen molar-refractivity contribution in [2.45, 2.75) is 19.1 Å². The molecule has 1 N–H and O–H groups in total. The maximum Gasteiger partial charge on any atom is 0.231 e. The average Bonchev–Trinajstić information content (AvgIpc) is 3.29. The van der Waals surface area contributed by atoms with Crippen molar-refractivity contribution >= 4 is 0 Å². The zero-order valence-electron chi connectivity index (χ0n) is 15.5. The van der Waals surface area contributed by atoms with Crippen LogP contribution in [0.4, 0.5) is 0 Å². The number of aliphatic hydroxyl groups excluding tert-OH is 1. The molecule has 2 aliphatic rings. The molecule has 27 heavy (non-hydrogen) atoms. The normalized spacial score (nSPS) is 23.4. The predicted octanol–water partition coefficient (Wildman–Crippen LogP) is 2.80. The minimum absolute atomic E-state index is 0.00789. The van der Waals surface area contributed by atoms with Gasteiger partial charge in [0.2, 0.25) is 6.79 Å². The van der Waals surface area contributed by atoms with Crippen molar-refractivity contribution in [2.24, 2.45) is 11.8 Å². The lowest BCUT2D eigenvalue weighted by Crippen LogP contribution is -2.24. The fourth-order valence-electron chi connectivity index (χ4n) is 3.83. The zero-order valence-corrected chi connectivity index (χ0v) is 15.5. The molecule has 2 aromatic carbocycles. The summed E-state index contributed by atoms with van der Waals surface area (Å²) in [4.78, 5) is 0. The number of aliphatic hydroxyl groups is 1. The van der Waals surface area contributed by atoms with Gasteiger partial charge in [-0.05, 0) is 54.2 Å². The highest BCUT2D eigenvalue weighted by atomic mass is 16.7. The Labute approximate surface area is 158 Å². The summed E-state index contributed by atoms with van der Waals surface area (Å²) in [6.45, 7) is 0.805. The topological polar surface area (TPSA) is 66.4 Å². The first-order valence-electron chi connectivity index (χ1n) is 9.07. The largest absolute Gasteiger partial charge is 0.493 e. The van der Waals surface area contributed by atoms with E-state index in [0.717, 1.165) is 29.0 Å². The van der Waals surface area contributed by atoms with E-state index < -0.39 is 6.29 Å². The third kappa shape index (κ3) is 3.68. The summed E-state index contributed by atoms with van der Waals surface area (Å²) in [5, 5.41) is 10.4. The lowest BCUT2D eigenvalue weighted by atomic mass is 9.84. The molecule has 0 spiro atoms. The fraction of sp³-hybridized carbons (Fsp3) is 0.429. The van der Waals surface area contributed by atoms with Gasteiger partial charge in [-0.3, -0.25) is 0 Å². The van der Waals surface area contributed by atoms with E-state index in [1.165, 1.54) is 0 Å². The SMILES string of the molecule is COc1ccc(C[C@@H]2[C@@H](Cc3ccc4c(c3)OCO4)CO[C@H]2O)cc1OC. The molecule has 0 aromatic heterocycles. The third-order valence-corrected chi connectivity index (χ3v) is 5.31. The number of benzene rings is 2. The molecule has 0 radical (unpaired) electrons. The van der Waals surface area contributed by atoms with Crippen molar-refractivity contribution in [2.75, 3.05) is 27.6 Å². The van der Waals surface area contributed by atoms with Gasteiger partial charge in [0, 0.05) is 5.92 Å². The van der Waals surface area contributed by atoms with Crippen LogP contribution in [0.3, 0.4) is 0 Å². The van der Waals surface area contributed by atoms with E-state index in [0.29, 0.717) is 24.5 Å². The van der Waals surface area contributed by atoms with Crippen LogP contribution in [-0.2, 0) is 17.6 Å². The Morgan fingerprint density at radius 3 is 2.48 bits per heavy atom. The van der Waals surface area contributed by atoms with Gasteiger partial charge in [0.15, 0.2) is 29.3 Å². The molecule has 0 amide bonds. The zero-order chi connectivity index (χ0) is 18.8. The first-order chi connectivity index (χ1) is 13.2. The van der Waals surface area contributed by atoms with Crippen molar-refractivity contribution in [3.63, 3.8) is 0 Å². The molecule has 6 heteroatoms. The Hall–Kier alpha value is -2.44. The number of rotatable bonds is 6. The highest BCUT2D eigenvalue weighted by molar-refractivity contribution is 5.45. The number of fused-ring (bicyclic) bond motifs is 1. The standard InChI is InChI=1S/C21H24O6/c1-23-17-5-3-14(9-19(17)24-2)8-16-15(11-25-21(16)22)7-13-4-6-18-20(10-13)27-12-26-18/h3-6,9-10,15-16,21-22H,7-8,11-12H2,1-2H3/t15-,16+,21+/m0/s1. The van der Waals surface area contributed by atoms with Gasteiger partial charge in [0.1, 0.15) is 0 Å². The summed E-state index contributed by atoms with van der Waals surface area (Å²) >= 11 is 0. The van der Waals surface area contributed by atoms with E-state index >= 15 is 0 Å². The van der Waals surface area contributed by atoms with Crippen LogP contribution in [-0.4, -0.2) is 39.0 Å². The lowest BCUT2D eigenvalue weighted by molar-refractivity contribution is -0.0820. The van der Waals surface area contributed by atoms with Crippen LogP contribution in [0.1, 0.15) is 11.1 Å². The smallest absolute Gasteiger partial charge is 0.231 e. The van der Waals surface area contributed by atoms with E-state index in [9.17, 15) is 5.11 Å². The highest BCUT2D eigenvalue weighted by Gasteiger charge is 2.36. The summed E-state index contributed by atoms with van der Waals surface area (Å²) in [5.74, 6) is 3.17. The second kappa shape index (κ2) is 7.66. The summed E-state index contributed by atoms with van der Waals surface area (Å²) < 4.78 is 27.1. The first kappa shape index (κ1) is 17.9. The van der Waals surface area contributed by atoms with Gasteiger partial charge in [0.25, 0.3) is 0 Å². The molecule has 0 aliphatic carbocycles. The summed E-state index contributed by atoms with van der Waals surface area (Å²) in [5.41, 5.74) is 2.23. The number of ether oxygens (including phenoxy) is 5. The maximum atomic E-state index is 10.4. The number of methoxy groups -OCH3 is 2. The van der Waals surface area contributed by atoms with Gasteiger partial charge in [-0.1, -0.05) is 12.1 Å². The minimum Gasteiger partial charge on any atom is -0.493 e. The Kier molecular flexibility index (Phi) is 5.09. The Bertz CT molecular complexity index is 805. The Morgan fingerprint density at radius 2 is 1.67 bits per heavy atom. The molecule has 1 fully saturated rings. The van der Waals surface area contributed by atoms with Gasteiger partial charge in [-0.15, -0.1) is 0 Å². The van der Waals surface area contributed by atoms with E-state index in [2.05, 4.69) is 0 Å². The van der Waals surface area contributed by atoms with Crippen molar-refractivity contribution in [1.29, 1.82) is 0 Å². The van der Waals surface area contributed by atoms with Gasteiger partial charge in [0.05, 0.1) is 20.8 Å². The summed E-state index contributed by atoms with van der Waals surface area (Å²) in [6, 6.07) is 11.9. The molecule has 2 aliphatic heterocycles. The molecule has 2 heterocycles.